The number of H-pyrrole nitrogens is 1. The van der Waals surface area contributed by atoms with Gasteiger partial charge in [0.15, 0.2) is 0 Å². The van der Waals surface area contributed by atoms with E-state index in [1.54, 1.807) is 0 Å². The molecule has 1 aromatic carbocycles. The minimum absolute atomic E-state index is 0.0476. The lowest BCUT2D eigenvalue weighted by Crippen LogP contribution is -2.35. The van der Waals surface area contributed by atoms with Crippen LogP contribution in [0.25, 0.3) is 10.9 Å². The highest BCUT2D eigenvalue weighted by molar-refractivity contribution is 5.84. The number of fused-ring (bicyclic) bond motifs is 1. The predicted molar refractivity (Wildman–Crippen MR) is 78.8 cm³/mol. The Kier molecular flexibility index (Phi) is 5.74. The van der Waals surface area contributed by atoms with E-state index in [4.69, 9.17) is 20.3 Å². The maximum Gasteiger partial charge on any atom is 0.323 e. The minimum Gasteiger partial charge on any atom is -0.462 e. The van der Waals surface area contributed by atoms with Crippen molar-refractivity contribution in [2.45, 2.75) is 12.5 Å². The number of rotatable bonds is 8. The molecule has 0 aliphatic rings. The van der Waals surface area contributed by atoms with Crippen molar-refractivity contribution in [2.24, 2.45) is 5.73 Å². The highest BCUT2D eigenvalue weighted by Gasteiger charge is 2.17. The molecule has 114 valence electrons. The minimum atomic E-state index is -0.706. The molecule has 0 radical (unpaired) electrons. The number of ether oxygens (including phenoxy) is 2. The Balaban J connectivity index is 1.83. The van der Waals surface area contributed by atoms with Crippen LogP contribution in [-0.4, -0.2) is 48.5 Å². The molecule has 1 aromatic heterocycles. The average Bonchev–Trinajstić information content (AvgIpc) is 2.90. The maximum absolute atomic E-state index is 11.8. The van der Waals surface area contributed by atoms with Crippen molar-refractivity contribution < 1.29 is 19.4 Å². The third-order valence-electron chi connectivity index (χ3n) is 3.13. The van der Waals surface area contributed by atoms with Gasteiger partial charge in [0.1, 0.15) is 12.6 Å². The van der Waals surface area contributed by atoms with E-state index in [9.17, 15) is 4.79 Å². The fourth-order valence-corrected chi connectivity index (χ4v) is 2.10. The topological polar surface area (TPSA) is 97.6 Å². The molecule has 21 heavy (non-hydrogen) atoms. The fraction of sp³-hybridized carbons (Fsp3) is 0.400. The number of para-hydroxylation sites is 1. The quantitative estimate of drug-likeness (QED) is 0.488. The Morgan fingerprint density at radius 1 is 1.29 bits per heavy atom. The van der Waals surface area contributed by atoms with Crippen molar-refractivity contribution in [3.05, 3.63) is 36.0 Å². The Labute approximate surface area is 122 Å². The van der Waals surface area contributed by atoms with Gasteiger partial charge < -0.3 is 25.3 Å². The van der Waals surface area contributed by atoms with Gasteiger partial charge in [-0.2, -0.15) is 0 Å². The summed E-state index contributed by atoms with van der Waals surface area (Å²) in [5, 5.41) is 9.60. The maximum atomic E-state index is 11.8. The molecule has 1 unspecified atom stereocenters. The molecule has 0 amide bonds. The summed E-state index contributed by atoms with van der Waals surface area (Å²) in [6.45, 7) is 0.583. The van der Waals surface area contributed by atoms with Gasteiger partial charge >= 0.3 is 5.97 Å². The van der Waals surface area contributed by atoms with Crippen molar-refractivity contribution in [1.82, 2.24) is 4.98 Å². The van der Waals surface area contributed by atoms with Gasteiger partial charge in [0.2, 0.25) is 0 Å². The predicted octanol–water partition coefficient (Wildman–Crippen LogP) is 0.590. The van der Waals surface area contributed by atoms with Crippen LogP contribution in [0.1, 0.15) is 5.56 Å². The number of carbonyl (C=O) groups excluding carboxylic acids is 1. The largest absolute Gasteiger partial charge is 0.462 e. The Hall–Kier alpha value is -1.89. The van der Waals surface area contributed by atoms with Crippen LogP contribution >= 0.6 is 0 Å². The number of aromatic amines is 1. The van der Waals surface area contributed by atoms with Gasteiger partial charge in [-0.05, 0) is 11.6 Å². The SMILES string of the molecule is NC(Cc1c[nH]c2ccccc12)C(=O)OCCOCCO. The molecule has 1 atom stereocenters. The molecular weight excluding hydrogens is 272 g/mol. The normalized spacial score (nSPS) is 12.5. The smallest absolute Gasteiger partial charge is 0.323 e. The van der Waals surface area contributed by atoms with E-state index in [1.807, 2.05) is 30.5 Å². The summed E-state index contributed by atoms with van der Waals surface area (Å²) in [6, 6.07) is 7.15. The van der Waals surface area contributed by atoms with E-state index in [0.717, 1.165) is 16.5 Å². The summed E-state index contributed by atoms with van der Waals surface area (Å²) in [6.07, 6.45) is 2.28. The fourth-order valence-electron chi connectivity index (χ4n) is 2.10. The van der Waals surface area contributed by atoms with Crippen LogP contribution in [-0.2, 0) is 20.7 Å². The van der Waals surface area contributed by atoms with E-state index in [0.29, 0.717) is 6.42 Å². The number of nitrogens with two attached hydrogens (primary N) is 1. The first kappa shape index (κ1) is 15.5. The number of hydrogen-bond acceptors (Lipinski definition) is 5. The molecule has 0 spiro atoms. The highest BCUT2D eigenvalue weighted by atomic mass is 16.6. The number of esters is 1. The molecule has 0 saturated carbocycles. The van der Waals surface area contributed by atoms with Crippen LogP contribution in [0.15, 0.2) is 30.5 Å². The second kappa shape index (κ2) is 7.78. The van der Waals surface area contributed by atoms with Gasteiger partial charge in [0.25, 0.3) is 0 Å². The second-order valence-electron chi connectivity index (χ2n) is 4.67. The highest BCUT2D eigenvalue weighted by Crippen LogP contribution is 2.18. The first-order valence-corrected chi connectivity index (χ1v) is 6.88. The van der Waals surface area contributed by atoms with Crippen molar-refractivity contribution >= 4 is 16.9 Å². The third kappa shape index (κ3) is 4.29. The summed E-state index contributed by atoms with van der Waals surface area (Å²) in [5.41, 5.74) is 7.88. The standard InChI is InChI=1S/C15H20N2O4/c16-13(15(19)21-8-7-20-6-5-18)9-11-10-17-14-4-2-1-3-12(11)14/h1-4,10,13,17-18H,5-9,16H2. The zero-order chi connectivity index (χ0) is 15.1. The van der Waals surface area contributed by atoms with E-state index < -0.39 is 12.0 Å². The number of nitrogens with one attached hydrogen (secondary N) is 1. The van der Waals surface area contributed by atoms with Crippen LogP contribution in [0.5, 0.6) is 0 Å². The van der Waals surface area contributed by atoms with Crippen molar-refractivity contribution in [2.75, 3.05) is 26.4 Å². The Morgan fingerprint density at radius 2 is 2.10 bits per heavy atom. The van der Waals surface area contributed by atoms with Gasteiger partial charge in [-0.15, -0.1) is 0 Å². The molecule has 0 saturated heterocycles. The average molecular weight is 292 g/mol. The Morgan fingerprint density at radius 3 is 2.90 bits per heavy atom. The van der Waals surface area contributed by atoms with Crippen molar-refractivity contribution in [3.8, 4) is 0 Å². The molecular formula is C15H20N2O4. The first-order valence-electron chi connectivity index (χ1n) is 6.88. The van der Waals surface area contributed by atoms with Crippen LogP contribution in [0, 0.1) is 0 Å². The summed E-state index contributed by atoms with van der Waals surface area (Å²) in [7, 11) is 0. The van der Waals surface area contributed by atoms with Gasteiger partial charge in [0.05, 0.1) is 19.8 Å². The van der Waals surface area contributed by atoms with Crippen molar-refractivity contribution in [3.63, 3.8) is 0 Å². The number of benzene rings is 1. The summed E-state index contributed by atoms with van der Waals surface area (Å²) < 4.78 is 10.0. The van der Waals surface area contributed by atoms with Gasteiger partial charge in [-0.25, -0.2) is 0 Å². The van der Waals surface area contributed by atoms with Crippen LogP contribution in [0.4, 0.5) is 0 Å². The lowest BCUT2D eigenvalue weighted by atomic mass is 10.1. The molecule has 6 heteroatoms. The number of hydrogen-bond donors (Lipinski definition) is 3. The third-order valence-corrected chi connectivity index (χ3v) is 3.13. The van der Waals surface area contributed by atoms with Gasteiger partial charge in [0, 0.05) is 23.5 Å². The lowest BCUT2D eigenvalue weighted by molar-refractivity contribution is -0.146. The lowest BCUT2D eigenvalue weighted by Gasteiger charge is -2.11. The summed E-state index contributed by atoms with van der Waals surface area (Å²) in [4.78, 5) is 14.9. The van der Waals surface area contributed by atoms with Crippen molar-refractivity contribution in [1.29, 1.82) is 0 Å². The van der Waals surface area contributed by atoms with E-state index >= 15 is 0 Å². The number of aliphatic hydroxyl groups excluding tert-OH is 1. The van der Waals surface area contributed by atoms with E-state index in [1.165, 1.54) is 0 Å². The number of carbonyl (C=O) groups is 1. The van der Waals surface area contributed by atoms with Crippen LogP contribution < -0.4 is 5.73 Å². The molecule has 2 rings (SSSR count). The molecule has 0 aliphatic carbocycles. The molecule has 0 fully saturated rings. The molecule has 0 bridgehead atoms. The zero-order valence-corrected chi connectivity index (χ0v) is 11.7. The van der Waals surface area contributed by atoms with Crippen LogP contribution in [0.2, 0.25) is 0 Å². The summed E-state index contributed by atoms with van der Waals surface area (Å²) in [5.74, 6) is -0.451. The Bertz CT molecular complexity index is 582. The number of aliphatic hydroxyl groups is 1. The van der Waals surface area contributed by atoms with Crippen LogP contribution in [0.3, 0.4) is 0 Å². The van der Waals surface area contributed by atoms with E-state index in [-0.39, 0.29) is 26.4 Å². The van der Waals surface area contributed by atoms with Gasteiger partial charge in [-0.3, -0.25) is 4.79 Å². The second-order valence-corrected chi connectivity index (χ2v) is 4.67. The summed E-state index contributed by atoms with van der Waals surface area (Å²) >= 11 is 0. The first-order chi connectivity index (χ1) is 10.2. The van der Waals surface area contributed by atoms with E-state index in [2.05, 4.69) is 4.98 Å². The zero-order valence-electron chi connectivity index (χ0n) is 11.7. The molecule has 6 nitrogen and oxygen atoms in total. The molecule has 2 aromatic rings. The number of aromatic nitrogens is 1. The molecule has 4 N–H and O–H groups in total. The van der Waals surface area contributed by atoms with Gasteiger partial charge in [-0.1, -0.05) is 18.2 Å². The monoisotopic (exact) mass is 292 g/mol. The molecule has 1 heterocycles. The molecule has 0 aliphatic heterocycles.